The van der Waals surface area contributed by atoms with Crippen molar-refractivity contribution in [3.8, 4) is 0 Å². The van der Waals surface area contributed by atoms with Crippen LogP contribution in [0.1, 0.15) is 25.7 Å². The van der Waals surface area contributed by atoms with Gasteiger partial charge in [0.15, 0.2) is 15.5 Å². The number of benzene rings is 1. The number of hydrogen-bond donors (Lipinski definition) is 1. The minimum Gasteiger partial charge on any atom is -0.360 e. The maximum atomic E-state index is 13.2. The van der Waals surface area contributed by atoms with Crippen LogP contribution in [0.15, 0.2) is 29.2 Å². The predicted octanol–water partition coefficient (Wildman–Crippen LogP) is 1.15. The molecular weight excluding hydrogens is 319 g/mol. The molecule has 1 fully saturated rings. The summed E-state index contributed by atoms with van der Waals surface area (Å²) in [5.74, 6) is -0.777. The van der Waals surface area contributed by atoms with E-state index in [0.29, 0.717) is 12.8 Å². The molecule has 0 radical (unpaired) electrons. The highest BCUT2D eigenvalue weighted by molar-refractivity contribution is 8.07. The maximum absolute atomic E-state index is 13.2. The maximum Gasteiger partial charge on any atom is 0.406 e. The van der Waals surface area contributed by atoms with Crippen molar-refractivity contribution in [1.82, 2.24) is 0 Å². The third-order valence-electron chi connectivity index (χ3n) is 3.63. The highest BCUT2D eigenvalue weighted by Gasteiger charge is 2.55. The number of thiol groups is 1. The summed E-state index contributed by atoms with van der Waals surface area (Å²) in [5.41, 5.74) is 9.11. The molecule has 0 spiro atoms. The molecule has 0 N–H and O–H groups in total. The van der Waals surface area contributed by atoms with Crippen LogP contribution in [0.2, 0.25) is 0 Å². The lowest BCUT2D eigenvalue weighted by Gasteiger charge is -2.16. The fraction of sp³-hybridized carbons (Fsp3) is 0.417. The second-order valence-corrected chi connectivity index (χ2v) is 8.10. The molecule has 0 bridgehead atoms. The Labute approximate surface area is 123 Å². The SMILES string of the molecule is [N-]=[N+]=C(C1([SH](=O)=O)CCCC1)S(=O)(=O)c1cccc(F)c1. The Morgan fingerprint density at radius 3 is 2.38 bits per heavy atom. The molecule has 1 aliphatic rings. The second kappa shape index (κ2) is 5.67. The predicted molar refractivity (Wildman–Crippen MR) is 73.7 cm³/mol. The van der Waals surface area contributed by atoms with E-state index < -0.39 is 41.0 Å². The zero-order chi connectivity index (χ0) is 15.7. The van der Waals surface area contributed by atoms with Gasteiger partial charge in [-0.25, -0.2) is 21.2 Å². The highest BCUT2D eigenvalue weighted by Crippen LogP contribution is 2.36. The van der Waals surface area contributed by atoms with Gasteiger partial charge in [0.2, 0.25) is 0 Å². The summed E-state index contributed by atoms with van der Waals surface area (Å²) < 4.78 is 59.6. The monoisotopic (exact) mass is 332 g/mol. The molecule has 0 aliphatic heterocycles. The van der Waals surface area contributed by atoms with Crippen molar-refractivity contribution in [3.05, 3.63) is 35.6 Å². The number of nitrogens with zero attached hydrogens (tertiary/aromatic N) is 2. The molecule has 0 heterocycles. The molecule has 21 heavy (non-hydrogen) atoms. The summed E-state index contributed by atoms with van der Waals surface area (Å²) in [6.45, 7) is 0. The van der Waals surface area contributed by atoms with Crippen LogP contribution in [-0.2, 0) is 20.5 Å². The Kier molecular flexibility index (Phi) is 4.27. The van der Waals surface area contributed by atoms with E-state index in [0.717, 1.165) is 18.2 Å². The summed E-state index contributed by atoms with van der Waals surface area (Å²) in [5, 5.41) is -0.825. The molecule has 1 aromatic carbocycles. The van der Waals surface area contributed by atoms with Gasteiger partial charge in [-0.05, 0) is 31.0 Å². The van der Waals surface area contributed by atoms with Crippen molar-refractivity contribution in [2.75, 3.05) is 0 Å². The van der Waals surface area contributed by atoms with Crippen LogP contribution in [0, 0.1) is 5.82 Å². The molecule has 6 nitrogen and oxygen atoms in total. The van der Waals surface area contributed by atoms with E-state index in [2.05, 4.69) is 4.79 Å². The first-order chi connectivity index (χ1) is 9.84. The average molecular weight is 332 g/mol. The largest absolute Gasteiger partial charge is 0.406 e. The van der Waals surface area contributed by atoms with Crippen LogP contribution >= 0.6 is 0 Å². The van der Waals surface area contributed by atoms with Crippen LogP contribution in [0.4, 0.5) is 4.39 Å². The fourth-order valence-electron chi connectivity index (χ4n) is 2.58. The smallest absolute Gasteiger partial charge is 0.360 e. The van der Waals surface area contributed by atoms with Gasteiger partial charge in [0.1, 0.15) is 5.82 Å². The van der Waals surface area contributed by atoms with Crippen LogP contribution in [0.5, 0.6) is 0 Å². The Hall–Kier alpha value is -1.57. The van der Waals surface area contributed by atoms with Crippen molar-refractivity contribution in [3.63, 3.8) is 0 Å². The van der Waals surface area contributed by atoms with E-state index in [9.17, 15) is 21.2 Å². The molecule has 1 aliphatic carbocycles. The van der Waals surface area contributed by atoms with E-state index in [1.165, 1.54) is 6.07 Å². The quantitative estimate of drug-likeness (QED) is 0.295. The normalized spacial score (nSPS) is 17.6. The summed E-state index contributed by atoms with van der Waals surface area (Å²) >= 11 is 0. The molecule has 2 rings (SSSR count). The summed E-state index contributed by atoms with van der Waals surface area (Å²) in [6, 6.07) is 4.15. The van der Waals surface area contributed by atoms with Gasteiger partial charge in [-0.1, -0.05) is 18.9 Å². The lowest BCUT2D eigenvalue weighted by Crippen LogP contribution is -2.43. The molecule has 0 amide bonds. The van der Waals surface area contributed by atoms with Crippen LogP contribution < -0.4 is 0 Å². The van der Waals surface area contributed by atoms with Gasteiger partial charge in [0.25, 0.3) is 9.84 Å². The zero-order valence-corrected chi connectivity index (χ0v) is 12.6. The molecule has 0 saturated heterocycles. The van der Waals surface area contributed by atoms with Gasteiger partial charge in [-0.2, -0.15) is 4.79 Å². The number of halogens is 1. The van der Waals surface area contributed by atoms with E-state index in [1.807, 2.05) is 0 Å². The summed E-state index contributed by atoms with van der Waals surface area (Å²) in [4.78, 5) is 2.33. The van der Waals surface area contributed by atoms with Gasteiger partial charge in [-0.3, -0.25) is 0 Å². The fourth-order valence-corrected chi connectivity index (χ4v) is 5.60. The van der Waals surface area contributed by atoms with E-state index >= 15 is 0 Å². The zero-order valence-electron chi connectivity index (χ0n) is 10.9. The van der Waals surface area contributed by atoms with E-state index in [4.69, 9.17) is 5.53 Å². The standard InChI is InChI=1S/C12H13FN2O4S2/c13-9-4-3-5-10(8-9)21(18,19)11(15-14)12(20(16)17)6-1-2-7-12/h3-5,8,20H,1-2,6-7H2. The lowest BCUT2D eigenvalue weighted by atomic mass is 10.1. The van der Waals surface area contributed by atoms with Gasteiger partial charge in [0.05, 0.1) is 4.90 Å². The Balaban J connectivity index is 2.64. The lowest BCUT2D eigenvalue weighted by molar-refractivity contribution is -0.00601. The molecule has 1 aromatic rings. The number of rotatable bonds is 3. The number of sulfone groups is 1. The van der Waals surface area contributed by atoms with E-state index in [-0.39, 0.29) is 12.8 Å². The van der Waals surface area contributed by atoms with Gasteiger partial charge < -0.3 is 5.53 Å². The highest BCUT2D eigenvalue weighted by atomic mass is 32.2. The van der Waals surface area contributed by atoms with Gasteiger partial charge in [-0.15, -0.1) is 0 Å². The van der Waals surface area contributed by atoms with Gasteiger partial charge in [0, 0.05) is 0 Å². The minimum atomic E-state index is -4.38. The molecule has 1 saturated carbocycles. The van der Waals surface area contributed by atoms with Crippen LogP contribution in [0.3, 0.4) is 0 Å². The van der Waals surface area contributed by atoms with Crippen LogP contribution in [0.25, 0.3) is 5.53 Å². The average Bonchev–Trinajstić information content (AvgIpc) is 2.90. The van der Waals surface area contributed by atoms with Gasteiger partial charge >= 0.3 is 5.04 Å². The second-order valence-electron chi connectivity index (χ2n) is 4.86. The third kappa shape index (κ3) is 2.64. The Morgan fingerprint density at radius 2 is 1.90 bits per heavy atom. The minimum absolute atomic E-state index is 0.0691. The molecular formula is C12H13FN2O4S2. The van der Waals surface area contributed by atoms with Crippen LogP contribution in [-0.4, -0.2) is 31.4 Å². The van der Waals surface area contributed by atoms with Crippen molar-refractivity contribution >= 4 is 25.6 Å². The van der Waals surface area contributed by atoms with E-state index in [1.54, 1.807) is 0 Å². The first-order valence-electron chi connectivity index (χ1n) is 6.22. The topological polar surface area (TPSA) is 105 Å². The summed E-state index contributed by atoms with van der Waals surface area (Å²) in [7, 11) is -7.54. The molecule has 0 atom stereocenters. The Bertz CT molecular complexity index is 781. The molecule has 9 heteroatoms. The first-order valence-corrected chi connectivity index (χ1v) is 8.88. The Morgan fingerprint density at radius 1 is 1.29 bits per heavy atom. The third-order valence-corrected chi connectivity index (χ3v) is 7.00. The molecule has 114 valence electrons. The number of hydrogen-bond acceptors (Lipinski definition) is 4. The molecule has 0 unspecified atom stereocenters. The molecule has 0 aromatic heterocycles. The summed E-state index contributed by atoms with van der Waals surface area (Å²) in [6.07, 6.45) is 1.17. The first kappa shape index (κ1) is 15.8. The van der Waals surface area contributed by atoms with Crippen molar-refractivity contribution in [2.45, 2.75) is 35.3 Å². The van der Waals surface area contributed by atoms with Crippen molar-refractivity contribution in [2.24, 2.45) is 0 Å². The van der Waals surface area contributed by atoms with Crippen molar-refractivity contribution in [1.29, 1.82) is 0 Å². The van der Waals surface area contributed by atoms with Crippen molar-refractivity contribution < 1.29 is 26.0 Å².